The number of amides is 1. The number of aryl methyl sites for hydroxylation is 1. The van der Waals surface area contributed by atoms with Gasteiger partial charge in [-0.2, -0.15) is 0 Å². The first-order valence-electron chi connectivity index (χ1n) is 8.64. The number of halogens is 1. The van der Waals surface area contributed by atoms with Crippen LogP contribution in [-0.4, -0.2) is 58.9 Å². The minimum atomic E-state index is -0.0371. The first-order chi connectivity index (χ1) is 12.6. The van der Waals surface area contributed by atoms with Crippen molar-refractivity contribution < 1.29 is 14.3 Å². The van der Waals surface area contributed by atoms with Crippen LogP contribution in [0.15, 0.2) is 27.7 Å². The van der Waals surface area contributed by atoms with Crippen molar-refractivity contribution in [1.29, 1.82) is 0 Å². The molecule has 1 aromatic carbocycles. The van der Waals surface area contributed by atoms with Crippen LogP contribution in [0.25, 0.3) is 0 Å². The van der Waals surface area contributed by atoms with Crippen molar-refractivity contribution in [3.63, 3.8) is 0 Å². The van der Waals surface area contributed by atoms with E-state index in [4.69, 9.17) is 9.47 Å². The standard InChI is InChI=1S/C18H29BrN4O3/c1-14-13-15(19)5-6-16(14)23-17(24)7-9-22-18(20-2)21-8-4-10-26-12-11-25-3/h5-6,13H,4,7-12H2,1-3H3,(H,23,24)(H2,20,21,22). The zero-order valence-electron chi connectivity index (χ0n) is 15.7. The number of benzene rings is 1. The number of nitrogens with one attached hydrogen (secondary N) is 3. The third-order valence-corrected chi connectivity index (χ3v) is 4.01. The number of carbonyl (C=O) groups is 1. The Morgan fingerprint density at radius 2 is 1.96 bits per heavy atom. The summed E-state index contributed by atoms with van der Waals surface area (Å²) in [6.07, 6.45) is 1.23. The molecule has 7 nitrogen and oxygen atoms in total. The Morgan fingerprint density at radius 3 is 2.65 bits per heavy atom. The van der Waals surface area contributed by atoms with E-state index in [9.17, 15) is 4.79 Å². The third kappa shape index (κ3) is 9.74. The number of guanidine groups is 1. The second-order valence-electron chi connectivity index (χ2n) is 5.64. The van der Waals surface area contributed by atoms with Crippen LogP contribution in [0, 0.1) is 6.92 Å². The molecule has 1 amide bonds. The molecule has 8 heteroatoms. The Kier molecular flexibility index (Phi) is 11.7. The van der Waals surface area contributed by atoms with E-state index in [1.807, 2.05) is 25.1 Å². The maximum atomic E-state index is 12.1. The van der Waals surface area contributed by atoms with Crippen molar-refractivity contribution in [2.24, 2.45) is 4.99 Å². The summed E-state index contributed by atoms with van der Waals surface area (Å²) in [4.78, 5) is 16.2. The molecule has 0 unspecified atom stereocenters. The number of methoxy groups -OCH3 is 1. The van der Waals surface area contributed by atoms with E-state index in [1.54, 1.807) is 14.2 Å². The first kappa shape index (κ1) is 22.4. The van der Waals surface area contributed by atoms with Gasteiger partial charge in [0.05, 0.1) is 13.2 Å². The molecule has 1 rings (SSSR count). The third-order valence-electron chi connectivity index (χ3n) is 3.52. The highest BCUT2D eigenvalue weighted by molar-refractivity contribution is 9.10. The van der Waals surface area contributed by atoms with Crippen molar-refractivity contribution in [2.45, 2.75) is 19.8 Å². The van der Waals surface area contributed by atoms with Crippen LogP contribution < -0.4 is 16.0 Å². The number of rotatable bonds is 11. The maximum absolute atomic E-state index is 12.1. The SMILES string of the molecule is CN=C(NCCCOCCOC)NCCC(=O)Nc1ccc(Br)cc1C. The van der Waals surface area contributed by atoms with Gasteiger partial charge in [0.25, 0.3) is 0 Å². The summed E-state index contributed by atoms with van der Waals surface area (Å²) in [5.74, 6) is 0.638. The molecule has 0 spiro atoms. The summed E-state index contributed by atoms with van der Waals surface area (Å²) in [6.45, 7) is 5.10. The molecule has 26 heavy (non-hydrogen) atoms. The number of carbonyl (C=O) groups excluding carboxylic acids is 1. The number of aliphatic imine (C=N–C) groups is 1. The van der Waals surface area contributed by atoms with Gasteiger partial charge in [0.1, 0.15) is 0 Å². The molecule has 0 saturated heterocycles. The smallest absolute Gasteiger partial charge is 0.226 e. The monoisotopic (exact) mass is 428 g/mol. The predicted molar refractivity (Wildman–Crippen MR) is 109 cm³/mol. The van der Waals surface area contributed by atoms with Gasteiger partial charge in [-0.1, -0.05) is 15.9 Å². The van der Waals surface area contributed by atoms with Crippen LogP contribution >= 0.6 is 15.9 Å². The van der Waals surface area contributed by atoms with Crippen LogP contribution in [0.1, 0.15) is 18.4 Å². The molecule has 0 atom stereocenters. The average Bonchev–Trinajstić information content (AvgIpc) is 2.61. The fraction of sp³-hybridized carbons (Fsp3) is 0.556. The molecule has 0 fully saturated rings. The number of hydrogen-bond acceptors (Lipinski definition) is 4. The van der Waals surface area contributed by atoms with Crippen molar-refractivity contribution in [2.75, 3.05) is 52.4 Å². The Hall–Kier alpha value is -1.64. The van der Waals surface area contributed by atoms with Crippen LogP contribution in [0.2, 0.25) is 0 Å². The molecule has 0 radical (unpaired) electrons. The first-order valence-corrected chi connectivity index (χ1v) is 9.43. The molecule has 0 aliphatic rings. The molecule has 0 heterocycles. The molecule has 3 N–H and O–H groups in total. The van der Waals surface area contributed by atoms with Gasteiger partial charge in [0.15, 0.2) is 5.96 Å². The van der Waals surface area contributed by atoms with Gasteiger partial charge in [-0.15, -0.1) is 0 Å². The van der Waals surface area contributed by atoms with Gasteiger partial charge in [-0.3, -0.25) is 9.79 Å². The van der Waals surface area contributed by atoms with Crippen LogP contribution in [0.5, 0.6) is 0 Å². The largest absolute Gasteiger partial charge is 0.382 e. The lowest BCUT2D eigenvalue weighted by atomic mass is 10.2. The predicted octanol–water partition coefficient (Wildman–Crippen LogP) is 2.30. The summed E-state index contributed by atoms with van der Waals surface area (Å²) in [5, 5.41) is 9.24. The molecular weight excluding hydrogens is 400 g/mol. The lowest BCUT2D eigenvalue weighted by Crippen LogP contribution is -2.39. The minimum Gasteiger partial charge on any atom is -0.382 e. The molecule has 0 bridgehead atoms. The zero-order chi connectivity index (χ0) is 19.2. The van der Waals surface area contributed by atoms with Gasteiger partial charge in [-0.25, -0.2) is 0 Å². The zero-order valence-corrected chi connectivity index (χ0v) is 17.3. The van der Waals surface area contributed by atoms with E-state index < -0.39 is 0 Å². The number of nitrogens with zero attached hydrogens (tertiary/aromatic N) is 1. The van der Waals surface area contributed by atoms with Gasteiger partial charge < -0.3 is 25.4 Å². The Morgan fingerprint density at radius 1 is 1.19 bits per heavy atom. The fourth-order valence-corrected chi connectivity index (χ4v) is 2.60. The van der Waals surface area contributed by atoms with E-state index in [2.05, 4.69) is 36.9 Å². The molecule has 0 saturated carbocycles. The van der Waals surface area contributed by atoms with E-state index >= 15 is 0 Å². The van der Waals surface area contributed by atoms with Gasteiger partial charge >= 0.3 is 0 Å². The highest BCUT2D eigenvalue weighted by Crippen LogP contribution is 2.19. The summed E-state index contributed by atoms with van der Waals surface area (Å²) < 4.78 is 11.3. The Bertz CT molecular complexity index is 582. The van der Waals surface area contributed by atoms with Crippen molar-refractivity contribution in [1.82, 2.24) is 10.6 Å². The summed E-state index contributed by atoms with van der Waals surface area (Å²) in [6, 6.07) is 5.77. The van der Waals surface area contributed by atoms with Gasteiger partial charge in [0, 0.05) is 50.4 Å². The fourth-order valence-electron chi connectivity index (χ4n) is 2.12. The van der Waals surface area contributed by atoms with Gasteiger partial charge in [0.2, 0.25) is 5.91 Å². The molecule has 0 aliphatic heterocycles. The lowest BCUT2D eigenvalue weighted by molar-refractivity contribution is -0.116. The van der Waals surface area contributed by atoms with E-state index in [0.717, 1.165) is 28.7 Å². The molecular formula is C18H29BrN4O3. The Labute approximate surface area is 164 Å². The number of anilines is 1. The highest BCUT2D eigenvalue weighted by Gasteiger charge is 2.06. The molecule has 0 aromatic heterocycles. The van der Waals surface area contributed by atoms with E-state index in [0.29, 0.717) is 38.7 Å². The van der Waals surface area contributed by atoms with Crippen molar-refractivity contribution in [3.05, 3.63) is 28.2 Å². The van der Waals surface area contributed by atoms with Gasteiger partial charge in [-0.05, 0) is 37.1 Å². The summed E-state index contributed by atoms with van der Waals surface area (Å²) in [7, 11) is 3.36. The molecule has 1 aromatic rings. The Balaban J connectivity index is 2.18. The minimum absolute atomic E-state index is 0.0371. The molecule has 146 valence electrons. The number of ether oxygens (including phenoxy) is 2. The van der Waals surface area contributed by atoms with E-state index in [-0.39, 0.29) is 5.91 Å². The quantitative estimate of drug-likeness (QED) is 0.286. The van der Waals surface area contributed by atoms with Crippen LogP contribution in [-0.2, 0) is 14.3 Å². The second kappa shape index (κ2) is 13.5. The average molecular weight is 429 g/mol. The summed E-state index contributed by atoms with van der Waals surface area (Å²) >= 11 is 3.41. The topological polar surface area (TPSA) is 84.0 Å². The number of hydrogen-bond donors (Lipinski definition) is 3. The highest BCUT2D eigenvalue weighted by atomic mass is 79.9. The normalized spacial score (nSPS) is 11.3. The van der Waals surface area contributed by atoms with Crippen LogP contribution in [0.3, 0.4) is 0 Å². The van der Waals surface area contributed by atoms with Crippen LogP contribution in [0.4, 0.5) is 5.69 Å². The lowest BCUT2D eigenvalue weighted by Gasteiger charge is -2.12. The van der Waals surface area contributed by atoms with Crippen molar-refractivity contribution >= 4 is 33.5 Å². The molecule has 0 aliphatic carbocycles. The summed E-state index contributed by atoms with van der Waals surface area (Å²) in [5.41, 5.74) is 1.85. The van der Waals surface area contributed by atoms with Crippen molar-refractivity contribution in [3.8, 4) is 0 Å². The second-order valence-corrected chi connectivity index (χ2v) is 6.56. The maximum Gasteiger partial charge on any atom is 0.226 e. The van der Waals surface area contributed by atoms with E-state index in [1.165, 1.54) is 0 Å².